The summed E-state index contributed by atoms with van der Waals surface area (Å²) in [7, 11) is 0. The van der Waals surface area contributed by atoms with Gasteiger partial charge in [-0.25, -0.2) is 9.78 Å². The lowest BCUT2D eigenvalue weighted by Gasteiger charge is -2.15. The molecule has 5 nitrogen and oxygen atoms in total. The molecule has 0 radical (unpaired) electrons. The maximum atomic E-state index is 12.3. The molecule has 1 heterocycles. The minimum absolute atomic E-state index is 0.288. The molecule has 0 aliphatic heterocycles. The fraction of sp³-hybridized carbons (Fsp3) is 0.312. The third kappa shape index (κ3) is 5.86. The van der Waals surface area contributed by atoms with Gasteiger partial charge in [-0.1, -0.05) is 29.8 Å². The molecule has 0 fully saturated rings. The highest BCUT2D eigenvalue weighted by molar-refractivity contribution is 7.13. The fourth-order valence-corrected chi connectivity index (χ4v) is 2.88. The van der Waals surface area contributed by atoms with Gasteiger partial charge >= 0.3 is 12.1 Å². The Kier molecular flexibility index (Phi) is 5.78. The lowest BCUT2D eigenvalue weighted by atomic mass is 10.1. The number of alkyl halides is 3. The summed E-state index contributed by atoms with van der Waals surface area (Å²) in [6, 6.07) is 5.57. The van der Waals surface area contributed by atoms with Gasteiger partial charge in [0.25, 0.3) is 0 Å². The predicted molar refractivity (Wildman–Crippen MR) is 86.2 cm³/mol. The Morgan fingerprint density at radius 1 is 1.28 bits per heavy atom. The smallest absolute Gasteiger partial charge is 0.391 e. The number of benzene rings is 1. The second-order valence-corrected chi connectivity index (χ2v) is 6.32. The van der Waals surface area contributed by atoms with Gasteiger partial charge in [0.05, 0.1) is 18.5 Å². The van der Waals surface area contributed by atoms with E-state index in [1.165, 1.54) is 11.3 Å². The van der Waals surface area contributed by atoms with E-state index in [0.717, 1.165) is 11.1 Å². The quantitative estimate of drug-likeness (QED) is 0.816. The monoisotopic (exact) mass is 372 g/mol. The summed E-state index contributed by atoms with van der Waals surface area (Å²) in [5.74, 6) is -2.55. The van der Waals surface area contributed by atoms with Crippen LogP contribution in [0.25, 0.3) is 10.6 Å². The molecule has 9 heteroatoms. The molecule has 1 aromatic heterocycles. The summed E-state index contributed by atoms with van der Waals surface area (Å²) >= 11 is 1.30. The van der Waals surface area contributed by atoms with Crippen LogP contribution in [0.3, 0.4) is 0 Å². The number of carbonyl (C=O) groups is 2. The molecule has 0 saturated carbocycles. The van der Waals surface area contributed by atoms with Crippen molar-refractivity contribution in [2.24, 2.45) is 0 Å². The van der Waals surface area contributed by atoms with Crippen LogP contribution < -0.4 is 5.32 Å². The van der Waals surface area contributed by atoms with Crippen LogP contribution in [0.4, 0.5) is 13.2 Å². The molecule has 0 saturated heterocycles. The summed E-state index contributed by atoms with van der Waals surface area (Å²) in [5, 5.41) is 13.0. The Balaban J connectivity index is 2.00. The molecule has 1 amide bonds. The number of nitrogens with zero attached hydrogens (tertiary/aromatic N) is 1. The lowest BCUT2D eigenvalue weighted by Crippen LogP contribution is -2.44. The molecule has 1 atom stereocenters. The third-order valence-corrected chi connectivity index (χ3v) is 4.20. The molecule has 0 aliphatic rings. The zero-order chi connectivity index (χ0) is 18.6. The summed E-state index contributed by atoms with van der Waals surface area (Å²) in [5.41, 5.74) is 2.32. The molecule has 1 aromatic carbocycles. The van der Waals surface area contributed by atoms with E-state index in [1.54, 1.807) is 5.38 Å². The topological polar surface area (TPSA) is 79.3 Å². The third-order valence-electron chi connectivity index (χ3n) is 3.26. The SMILES string of the molecule is Cc1ccc(-c2nc(CC(=O)NC(CC(F)(F)F)C(=O)O)cs2)cc1. The van der Waals surface area contributed by atoms with E-state index in [-0.39, 0.29) is 6.42 Å². The highest BCUT2D eigenvalue weighted by Gasteiger charge is 2.36. The average Bonchev–Trinajstić information content (AvgIpc) is 2.94. The maximum absolute atomic E-state index is 12.3. The molecule has 0 aliphatic carbocycles. The molecule has 0 spiro atoms. The first-order valence-corrected chi connectivity index (χ1v) is 8.12. The van der Waals surface area contributed by atoms with E-state index in [4.69, 9.17) is 5.11 Å². The number of aryl methyl sites for hydroxylation is 1. The van der Waals surface area contributed by atoms with Crippen molar-refractivity contribution < 1.29 is 27.9 Å². The van der Waals surface area contributed by atoms with Gasteiger partial charge in [-0.2, -0.15) is 13.2 Å². The van der Waals surface area contributed by atoms with Crippen molar-refractivity contribution in [3.05, 3.63) is 40.9 Å². The van der Waals surface area contributed by atoms with Crippen LogP contribution in [-0.2, 0) is 16.0 Å². The van der Waals surface area contributed by atoms with Gasteiger partial charge in [0.2, 0.25) is 5.91 Å². The molecule has 134 valence electrons. The van der Waals surface area contributed by atoms with Crippen molar-refractivity contribution in [1.82, 2.24) is 10.3 Å². The van der Waals surface area contributed by atoms with Gasteiger partial charge in [0.15, 0.2) is 0 Å². The maximum Gasteiger partial charge on any atom is 0.391 e. The van der Waals surface area contributed by atoms with Gasteiger partial charge in [-0.3, -0.25) is 4.79 Å². The van der Waals surface area contributed by atoms with E-state index < -0.39 is 30.5 Å². The number of amides is 1. The van der Waals surface area contributed by atoms with Crippen molar-refractivity contribution in [3.63, 3.8) is 0 Å². The van der Waals surface area contributed by atoms with Crippen molar-refractivity contribution in [2.75, 3.05) is 0 Å². The first-order valence-electron chi connectivity index (χ1n) is 7.24. The number of aromatic nitrogens is 1. The molecule has 2 N–H and O–H groups in total. The number of thiazole rings is 1. The van der Waals surface area contributed by atoms with Gasteiger partial charge < -0.3 is 10.4 Å². The Labute approximate surface area is 145 Å². The number of halogens is 3. The van der Waals surface area contributed by atoms with Crippen LogP contribution in [0.1, 0.15) is 17.7 Å². The van der Waals surface area contributed by atoms with Crippen LogP contribution in [0.15, 0.2) is 29.6 Å². The molecule has 25 heavy (non-hydrogen) atoms. The Hall–Kier alpha value is -2.42. The fourth-order valence-electron chi connectivity index (χ4n) is 2.06. The molecule has 0 bridgehead atoms. The van der Waals surface area contributed by atoms with Gasteiger partial charge in [0, 0.05) is 10.9 Å². The Morgan fingerprint density at radius 3 is 2.48 bits per heavy atom. The van der Waals surface area contributed by atoms with E-state index >= 15 is 0 Å². The minimum Gasteiger partial charge on any atom is -0.480 e. The molecular formula is C16H15F3N2O3S. The summed E-state index contributed by atoms with van der Waals surface area (Å²) in [4.78, 5) is 26.9. The van der Waals surface area contributed by atoms with E-state index in [1.807, 2.05) is 36.5 Å². The molecule has 2 rings (SSSR count). The van der Waals surface area contributed by atoms with E-state index in [2.05, 4.69) is 4.98 Å². The van der Waals surface area contributed by atoms with Crippen molar-refractivity contribution in [1.29, 1.82) is 0 Å². The van der Waals surface area contributed by atoms with Crippen LogP contribution in [0, 0.1) is 6.92 Å². The number of rotatable bonds is 6. The molecule has 1 unspecified atom stereocenters. The van der Waals surface area contributed by atoms with Gasteiger partial charge in [-0.05, 0) is 6.92 Å². The van der Waals surface area contributed by atoms with Gasteiger partial charge in [-0.15, -0.1) is 11.3 Å². The Morgan fingerprint density at radius 2 is 1.92 bits per heavy atom. The van der Waals surface area contributed by atoms with Crippen LogP contribution in [0.5, 0.6) is 0 Å². The van der Waals surface area contributed by atoms with Crippen molar-refractivity contribution in [2.45, 2.75) is 32.0 Å². The highest BCUT2D eigenvalue weighted by Crippen LogP contribution is 2.24. The molecular weight excluding hydrogens is 357 g/mol. The van der Waals surface area contributed by atoms with Gasteiger partial charge in [0.1, 0.15) is 11.0 Å². The minimum atomic E-state index is -4.68. The number of aliphatic carboxylic acids is 1. The van der Waals surface area contributed by atoms with Crippen molar-refractivity contribution in [3.8, 4) is 10.6 Å². The van der Waals surface area contributed by atoms with Crippen LogP contribution in [-0.4, -0.2) is 34.2 Å². The largest absolute Gasteiger partial charge is 0.480 e. The van der Waals surface area contributed by atoms with Crippen LogP contribution in [0.2, 0.25) is 0 Å². The summed E-state index contributed by atoms with van der Waals surface area (Å²) < 4.78 is 37.0. The molecule has 2 aromatic rings. The number of carboxylic acids is 1. The second-order valence-electron chi connectivity index (χ2n) is 5.46. The second kappa shape index (κ2) is 7.64. The summed E-state index contributed by atoms with van der Waals surface area (Å²) in [6.07, 6.45) is -6.60. The first-order chi connectivity index (χ1) is 11.6. The lowest BCUT2D eigenvalue weighted by molar-refractivity contribution is -0.159. The standard InChI is InChI=1S/C16H15F3N2O3S/c1-9-2-4-10(5-3-9)14-20-11(8-25-14)6-13(22)21-12(15(23)24)7-16(17,18)19/h2-5,8,12H,6-7H2,1H3,(H,21,22)(H,23,24). The number of hydrogen-bond acceptors (Lipinski definition) is 4. The average molecular weight is 372 g/mol. The van der Waals surface area contributed by atoms with E-state index in [0.29, 0.717) is 10.7 Å². The van der Waals surface area contributed by atoms with E-state index in [9.17, 15) is 22.8 Å². The summed E-state index contributed by atoms with van der Waals surface area (Å²) in [6.45, 7) is 1.95. The van der Waals surface area contributed by atoms with Crippen LogP contribution >= 0.6 is 11.3 Å². The first kappa shape index (κ1) is 18.9. The zero-order valence-electron chi connectivity index (χ0n) is 13.1. The predicted octanol–water partition coefficient (Wildman–Crippen LogP) is 3.18. The normalized spacial score (nSPS) is 12.6. The van der Waals surface area contributed by atoms with Crippen molar-refractivity contribution >= 4 is 23.2 Å². The highest BCUT2D eigenvalue weighted by atomic mass is 32.1. The zero-order valence-corrected chi connectivity index (χ0v) is 13.9. The number of nitrogens with one attached hydrogen (secondary N) is 1. The number of carbonyl (C=O) groups excluding carboxylic acids is 1. The number of hydrogen-bond donors (Lipinski definition) is 2. The Bertz CT molecular complexity index is 757. The number of carboxylic acid groups (broad SMARTS) is 1.